The fourth-order valence-corrected chi connectivity index (χ4v) is 8.58. The van der Waals surface area contributed by atoms with Gasteiger partial charge in [0, 0.05) is 16.5 Å². The molecule has 0 radical (unpaired) electrons. The first-order chi connectivity index (χ1) is 24.8. The number of benzene rings is 8. The van der Waals surface area contributed by atoms with Crippen molar-refractivity contribution < 1.29 is 0 Å². The van der Waals surface area contributed by atoms with Gasteiger partial charge in [-0.3, -0.25) is 0 Å². The number of rotatable bonds is 5. The van der Waals surface area contributed by atoms with Gasteiger partial charge in [-0.2, -0.15) is 0 Å². The van der Waals surface area contributed by atoms with E-state index >= 15 is 0 Å². The van der Waals surface area contributed by atoms with Gasteiger partial charge in [-0.1, -0.05) is 176 Å². The summed E-state index contributed by atoms with van der Waals surface area (Å²) in [5, 5.41) is 2.55. The van der Waals surface area contributed by atoms with Gasteiger partial charge < -0.3 is 4.57 Å². The predicted molar refractivity (Wildman–Crippen MR) is 209 cm³/mol. The highest BCUT2D eigenvalue weighted by Gasteiger charge is 2.45. The maximum Gasteiger partial charge on any atom is 0.0713 e. The SMILES string of the molecule is c1ccc(-n2c3ccccc3c3c(-c4ccc(-c5ccc(C6(c7ccccc7)c7ccccc7-c7ccccc76)cc5)cc4)cccc32)cc1. The van der Waals surface area contributed by atoms with E-state index in [9.17, 15) is 0 Å². The van der Waals surface area contributed by atoms with E-state index in [0.29, 0.717) is 0 Å². The average Bonchev–Trinajstić information content (AvgIpc) is 3.70. The number of para-hydroxylation sites is 2. The highest BCUT2D eigenvalue weighted by Crippen LogP contribution is 2.56. The lowest BCUT2D eigenvalue weighted by Crippen LogP contribution is -2.28. The van der Waals surface area contributed by atoms with Crippen LogP contribution in [0.5, 0.6) is 0 Å². The maximum atomic E-state index is 2.38. The Morgan fingerprint density at radius 2 is 0.800 bits per heavy atom. The molecule has 9 aromatic rings. The second kappa shape index (κ2) is 11.3. The fraction of sp³-hybridized carbons (Fsp3) is 0.0204. The molecule has 0 saturated heterocycles. The number of aromatic nitrogens is 1. The van der Waals surface area contributed by atoms with E-state index in [1.165, 1.54) is 83.1 Å². The quantitative estimate of drug-likeness (QED) is 0.177. The van der Waals surface area contributed by atoms with Crippen molar-refractivity contribution in [2.45, 2.75) is 5.41 Å². The molecule has 0 aliphatic heterocycles. The molecule has 0 fully saturated rings. The maximum absolute atomic E-state index is 2.38. The zero-order valence-corrected chi connectivity index (χ0v) is 27.5. The Morgan fingerprint density at radius 1 is 0.320 bits per heavy atom. The molecule has 1 aromatic heterocycles. The van der Waals surface area contributed by atoms with Crippen LogP contribution in [-0.4, -0.2) is 4.57 Å². The van der Waals surface area contributed by atoms with E-state index in [1.807, 2.05) is 0 Å². The summed E-state index contributed by atoms with van der Waals surface area (Å²) < 4.78 is 2.38. The number of fused-ring (bicyclic) bond motifs is 6. The predicted octanol–water partition coefficient (Wildman–Crippen LogP) is 12.5. The van der Waals surface area contributed by atoms with Gasteiger partial charge in [-0.25, -0.2) is 0 Å². The first-order valence-corrected chi connectivity index (χ1v) is 17.4. The van der Waals surface area contributed by atoms with Crippen molar-refractivity contribution in [2.75, 3.05) is 0 Å². The second-order valence-electron chi connectivity index (χ2n) is 13.2. The Kier molecular flexibility index (Phi) is 6.47. The Labute approximate surface area is 292 Å². The van der Waals surface area contributed by atoms with Crippen molar-refractivity contribution in [3.8, 4) is 39.1 Å². The van der Waals surface area contributed by atoms with Crippen LogP contribution >= 0.6 is 0 Å². The lowest BCUT2D eigenvalue weighted by atomic mass is 9.67. The van der Waals surface area contributed by atoms with Gasteiger partial charge in [-0.05, 0) is 79.9 Å². The van der Waals surface area contributed by atoms with Crippen LogP contribution in [0.25, 0.3) is 60.9 Å². The number of hydrogen-bond donors (Lipinski definition) is 0. The number of hydrogen-bond acceptors (Lipinski definition) is 0. The molecule has 10 rings (SSSR count). The Hall–Kier alpha value is -6.44. The van der Waals surface area contributed by atoms with Crippen LogP contribution < -0.4 is 0 Å². The van der Waals surface area contributed by atoms with Crippen LogP contribution in [-0.2, 0) is 5.41 Å². The second-order valence-corrected chi connectivity index (χ2v) is 13.2. The summed E-state index contributed by atoms with van der Waals surface area (Å²) in [5.74, 6) is 0. The van der Waals surface area contributed by atoms with Crippen molar-refractivity contribution in [1.29, 1.82) is 0 Å². The molecule has 0 N–H and O–H groups in total. The first-order valence-electron chi connectivity index (χ1n) is 17.4. The first kappa shape index (κ1) is 28.6. The van der Waals surface area contributed by atoms with Crippen molar-refractivity contribution in [2.24, 2.45) is 0 Å². The van der Waals surface area contributed by atoms with Crippen LogP contribution in [0.4, 0.5) is 0 Å². The zero-order chi connectivity index (χ0) is 33.1. The van der Waals surface area contributed by atoms with E-state index in [1.54, 1.807) is 0 Å². The normalized spacial score (nSPS) is 13.0. The van der Waals surface area contributed by atoms with Gasteiger partial charge in [0.25, 0.3) is 0 Å². The van der Waals surface area contributed by atoms with Gasteiger partial charge in [0.15, 0.2) is 0 Å². The minimum absolute atomic E-state index is 0.381. The summed E-state index contributed by atoms with van der Waals surface area (Å²) >= 11 is 0. The molecule has 0 unspecified atom stereocenters. The van der Waals surface area contributed by atoms with Crippen molar-refractivity contribution in [3.05, 3.63) is 222 Å². The van der Waals surface area contributed by atoms with Gasteiger partial charge in [0.1, 0.15) is 0 Å². The Balaban J connectivity index is 1.07. The number of nitrogens with zero attached hydrogens (tertiary/aromatic N) is 1. The molecular weight excluding hydrogens is 603 g/mol. The minimum atomic E-state index is -0.381. The van der Waals surface area contributed by atoms with E-state index in [0.717, 1.165) is 0 Å². The molecule has 50 heavy (non-hydrogen) atoms. The van der Waals surface area contributed by atoms with Crippen molar-refractivity contribution >= 4 is 21.8 Å². The van der Waals surface area contributed by atoms with E-state index in [4.69, 9.17) is 0 Å². The molecule has 0 amide bonds. The Bertz CT molecular complexity index is 2620. The van der Waals surface area contributed by atoms with E-state index in [2.05, 4.69) is 205 Å². The Morgan fingerprint density at radius 3 is 1.48 bits per heavy atom. The van der Waals surface area contributed by atoms with Gasteiger partial charge >= 0.3 is 0 Å². The molecule has 1 aliphatic carbocycles. The largest absolute Gasteiger partial charge is 0.309 e. The monoisotopic (exact) mass is 635 g/mol. The summed E-state index contributed by atoms with van der Waals surface area (Å²) in [4.78, 5) is 0. The van der Waals surface area contributed by atoms with Crippen LogP contribution in [0, 0.1) is 0 Å². The van der Waals surface area contributed by atoms with Gasteiger partial charge in [-0.15, -0.1) is 0 Å². The van der Waals surface area contributed by atoms with E-state index < -0.39 is 0 Å². The summed E-state index contributed by atoms with van der Waals surface area (Å²) in [6.07, 6.45) is 0. The summed E-state index contributed by atoms with van der Waals surface area (Å²) in [5.41, 5.74) is 16.0. The zero-order valence-electron chi connectivity index (χ0n) is 27.5. The summed E-state index contributed by atoms with van der Waals surface area (Å²) in [6, 6.07) is 73.3. The molecule has 234 valence electrons. The molecule has 1 heterocycles. The van der Waals surface area contributed by atoms with Crippen molar-refractivity contribution in [1.82, 2.24) is 4.57 Å². The molecule has 8 aromatic carbocycles. The average molecular weight is 636 g/mol. The smallest absolute Gasteiger partial charge is 0.0713 e. The molecular formula is C49H33N. The van der Waals surface area contributed by atoms with Gasteiger partial charge in [0.2, 0.25) is 0 Å². The lowest BCUT2D eigenvalue weighted by molar-refractivity contribution is 0.768. The van der Waals surface area contributed by atoms with Crippen molar-refractivity contribution in [3.63, 3.8) is 0 Å². The van der Waals surface area contributed by atoms with Crippen LogP contribution in [0.3, 0.4) is 0 Å². The molecule has 0 spiro atoms. The highest BCUT2D eigenvalue weighted by molar-refractivity contribution is 6.15. The molecule has 1 heteroatoms. The molecule has 0 saturated carbocycles. The highest BCUT2D eigenvalue weighted by atomic mass is 15.0. The molecule has 1 nitrogen and oxygen atoms in total. The van der Waals surface area contributed by atoms with Crippen LogP contribution in [0.15, 0.2) is 200 Å². The molecule has 0 atom stereocenters. The molecule has 1 aliphatic rings. The van der Waals surface area contributed by atoms with Crippen LogP contribution in [0.2, 0.25) is 0 Å². The third-order valence-corrected chi connectivity index (χ3v) is 10.7. The third kappa shape index (κ3) is 4.14. The third-order valence-electron chi connectivity index (χ3n) is 10.7. The fourth-order valence-electron chi connectivity index (χ4n) is 8.58. The van der Waals surface area contributed by atoms with Gasteiger partial charge in [0.05, 0.1) is 16.4 Å². The standard InChI is InChI=1S/C49H33N/c1-3-14-37(15-4-1)49(44-22-10-7-18-41(44)42-19-8-11-23-45(42)49)38-32-30-35(31-33-38)34-26-28-36(29-27-34)40-21-13-25-47-48(40)43-20-9-12-24-46(43)50(47)39-16-5-2-6-17-39/h1-33H. The summed E-state index contributed by atoms with van der Waals surface area (Å²) in [7, 11) is 0. The minimum Gasteiger partial charge on any atom is -0.309 e. The lowest BCUT2D eigenvalue weighted by Gasteiger charge is -2.34. The van der Waals surface area contributed by atoms with E-state index in [-0.39, 0.29) is 5.41 Å². The molecule has 0 bridgehead atoms. The van der Waals surface area contributed by atoms with Crippen LogP contribution in [0.1, 0.15) is 22.3 Å². The topological polar surface area (TPSA) is 4.93 Å². The summed E-state index contributed by atoms with van der Waals surface area (Å²) in [6.45, 7) is 0.